The van der Waals surface area contributed by atoms with Gasteiger partial charge in [-0.3, -0.25) is 0 Å². The summed E-state index contributed by atoms with van der Waals surface area (Å²) >= 11 is 0. The number of para-hydroxylation sites is 3. The monoisotopic (exact) mass is 572 g/mol. The van der Waals surface area contributed by atoms with E-state index in [1.54, 1.807) is 0 Å². The van der Waals surface area contributed by atoms with E-state index in [0.29, 0.717) is 5.92 Å². The molecule has 2 aromatic heterocycles. The molecule has 0 bridgehead atoms. The molecule has 0 amide bonds. The molecular weight excluding hydrogens is 532 g/mol. The first-order valence-corrected chi connectivity index (χ1v) is 16.2. The standard InChI is InChI=1S/C25H20N2.C17H20/c1-16-15-20-18-11-5-7-13-21(18)26-24(20)23-19-12-6-8-14-22(19)27(25(16)23)17-9-3-2-4-10-17;1-2-3-14-17(15-10-6-4-7-11-15)16-12-8-5-9-13-16/h2-14,16,26H,15H2,1H3;4,6-8,10-14H,2-3,5,9H2,1H3. The van der Waals surface area contributed by atoms with Gasteiger partial charge in [0.1, 0.15) is 0 Å². The van der Waals surface area contributed by atoms with Crippen molar-refractivity contribution >= 4 is 27.4 Å². The first-order chi connectivity index (χ1) is 21.7. The average molecular weight is 573 g/mol. The van der Waals surface area contributed by atoms with Crippen LogP contribution in [0.4, 0.5) is 0 Å². The summed E-state index contributed by atoms with van der Waals surface area (Å²) in [4.78, 5) is 3.74. The molecule has 4 aromatic carbocycles. The van der Waals surface area contributed by atoms with Crippen LogP contribution in [0.5, 0.6) is 0 Å². The number of H-pyrrole nitrogens is 1. The number of fused-ring (bicyclic) bond motifs is 7. The van der Waals surface area contributed by atoms with Crippen molar-refractivity contribution in [1.82, 2.24) is 9.55 Å². The van der Waals surface area contributed by atoms with Crippen LogP contribution >= 0.6 is 0 Å². The van der Waals surface area contributed by atoms with E-state index in [0.717, 1.165) is 12.8 Å². The fraction of sp³-hybridized carbons (Fsp3) is 0.190. The number of aromatic nitrogens is 2. The number of nitrogens with one attached hydrogen (secondary N) is 1. The Morgan fingerprint density at radius 1 is 0.818 bits per heavy atom. The zero-order chi connectivity index (χ0) is 29.9. The Hall–Kier alpha value is -4.82. The normalized spacial score (nSPS) is 15.8. The second-order valence-electron chi connectivity index (χ2n) is 12.0. The highest BCUT2D eigenvalue weighted by atomic mass is 15.0. The average Bonchev–Trinajstić information content (AvgIpc) is 3.63. The van der Waals surface area contributed by atoms with Crippen LogP contribution in [0.1, 0.15) is 62.3 Å². The second-order valence-corrected chi connectivity index (χ2v) is 12.0. The summed E-state index contributed by atoms with van der Waals surface area (Å²) < 4.78 is 2.46. The van der Waals surface area contributed by atoms with Crippen molar-refractivity contribution < 1.29 is 0 Å². The van der Waals surface area contributed by atoms with Gasteiger partial charge in [-0.05, 0) is 72.2 Å². The molecule has 0 spiro atoms. The highest BCUT2D eigenvalue weighted by molar-refractivity contribution is 6.04. The summed E-state index contributed by atoms with van der Waals surface area (Å²) in [7, 11) is 0. The zero-order valence-electron chi connectivity index (χ0n) is 25.8. The van der Waals surface area contributed by atoms with E-state index < -0.39 is 0 Å². The third-order valence-electron chi connectivity index (χ3n) is 8.99. The first-order valence-electron chi connectivity index (χ1n) is 16.2. The van der Waals surface area contributed by atoms with Gasteiger partial charge >= 0.3 is 0 Å². The van der Waals surface area contributed by atoms with Crippen molar-refractivity contribution in [3.63, 3.8) is 0 Å². The molecule has 0 aliphatic heterocycles. The second kappa shape index (κ2) is 12.4. The maximum absolute atomic E-state index is 3.74. The fourth-order valence-corrected chi connectivity index (χ4v) is 6.99. The van der Waals surface area contributed by atoms with E-state index in [1.807, 2.05) is 0 Å². The van der Waals surface area contributed by atoms with Gasteiger partial charge in [0.15, 0.2) is 0 Å². The maximum Gasteiger partial charge on any atom is 0.0538 e. The van der Waals surface area contributed by atoms with Gasteiger partial charge < -0.3 is 9.55 Å². The molecule has 0 saturated carbocycles. The number of allylic oxidation sites excluding steroid dienone is 6. The molecule has 0 fully saturated rings. The van der Waals surface area contributed by atoms with Gasteiger partial charge in [0.25, 0.3) is 0 Å². The molecule has 218 valence electrons. The van der Waals surface area contributed by atoms with Crippen molar-refractivity contribution in [2.24, 2.45) is 0 Å². The quantitative estimate of drug-likeness (QED) is 0.212. The summed E-state index contributed by atoms with van der Waals surface area (Å²) in [5, 5.41) is 2.69. The zero-order valence-corrected chi connectivity index (χ0v) is 25.8. The molecular formula is C42H40N2. The number of aromatic amines is 1. The molecule has 1 atom stereocenters. The van der Waals surface area contributed by atoms with E-state index in [2.05, 4.69) is 157 Å². The lowest BCUT2D eigenvalue weighted by atomic mass is 9.85. The summed E-state index contributed by atoms with van der Waals surface area (Å²) in [5.41, 5.74) is 13.4. The number of benzene rings is 4. The fourth-order valence-electron chi connectivity index (χ4n) is 6.99. The van der Waals surface area contributed by atoms with Crippen molar-refractivity contribution in [2.75, 3.05) is 0 Å². The van der Waals surface area contributed by atoms with Crippen LogP contribution < -0.4 is 0 Å². The number of nitrogens with zero attached hydrogens (tertiary/aromatic N) is 1. The van der Waals surface area contributed by atoms with E-state index in [-0.39, 0.29) is 0 Å². The Kier molecular flexibility index (Phi) is 7.90. The molecule has 1 unspecified atom stereocenters. The van der Waals surface area contributed by atoms with Crippen LogP contribution in [0.3, 0.4) is 0 Å². The Balaban J connectivity index is 0.000000159. The molecule has 2 aliphatic rings. The molecule has 2 heterocycles. The predicted molar refractivity (Wildman–Crippen MR) is 188 cm³/mol. The van der Waals surface area contributed by atoms with E-state index in [9.17, 15) is 0 Å². The Morgan fingerprint density at radius 3 is 2.27 bits per heavy atom. The van der Waals surface area contributed by atoms with E-state index in [4.69, 9.17) is 0 Å². The van der Waals surface area contributed by atoms with Crippen molar-refractivity contribution in [1.29, 1.82) is 0 Å². The first kappa shape index (κ1) is 28.0. The van der Waals surface area contributed by atoms with Gasteiger partial charge in [-0.15, -0.1) is 0 Å². The van der Waals surface area contributed by atoms with Crippen LogP contribution in [0.15, 0.2) is 139 Å². The number of rotatable bonds is 5. The smallest absolute Gasteiger partial charge is 0.0538 e. The number of unbranched alkanes of at least 4 members (excludes halogenated alkanes) is 1. The highest BCUT2D eigenvalue weighted by Gasteiger charge is 2.31. The van der Waals surface area contributed by atoms with Crippen molar-refractivity contribution in [3.8, 4) is 16.9 Å². The van der Waals surface area contributed by atoms with Crippen LogP contribution in [0, 0.1) is 0 Å². The van der Waals surface area contributed by atoms with Crippen LogP contribution in [-0.4, -0.2) is 9.55 Å². The molecule has 6 aromatic rings. The van der Waals surface area contributed by atoms with E-state index >= 15 is 0 Å². The lowest BCUT2D eigenvalue weighted by Crippen LogP contribution is -2.11. The Labute approximate surface area is 261 Å². The summed E-state index contributed by atoms with van der Waals surface area (Å²) in [6, 6.07) is 38.9. The number of hydrogen-bond donors (Lipinski definition) is 1. The van der Waals surface area contributed by atoms with E-state index in [1.165, 1.54) is 86.0 Å². The lowest BCUT2D eigenvalue weighted by Gasteiger charge is -2.23. The van der Waals surface area contributed by atoms with Gasteiger partial charge in [-0.2, -0.15) is 0 Å². The lowest BCUT2D eigenvalue weighted by molar-refractivity contribution is 0.709. The topological polar surface area (TPSA) is 20.7 Å². The minimum absolute atomic E-state index is 0.458. The molecule has 44 heavy (non-hydrogen) atoms. The molecule has 2 nitrogen and oxygen atoms in total. The number of hydrogen-bond acceptors (Lipinski definition) is 0. The summed E-state index contributed by atoms with van der Waals surface area (Å²) in [5.74, 6) is 0.458. The largest absolute Gasteiger partial charge is 0.354 e. The minimum atomic E-state index is 0.458. The van der Waals surface area contributed by atoms with Gasteiger partial charge in [-0.1, -0.05) is 130 Å². The van der Waals surface area contributed by atoms with Crippen LogP contribution in [0.2, 0.25) is 0 Å². The van der Waals surface area contributed by atoms with Gasteiger partial charge in [-0.25, -0.2) is 0 Å². The highest BCUT2D eigenvalue weighted by Crippen LogP contribution is 2.48. The predicted octanol–water partition coefficient (Wildman–Crippen LogP) is 11.6. The van der Waals surface area contributed by atoms with Gasteiger partial charge in [0.2, 0.25) is 0 Å². The van der Waals surface area contributed by atoms with Crippen molar-refractivity contribution in [2.45, 2.75) is 51.9 Å². The van der Waals surface area contributed by atoms with Crippen LogP contribution in [-0.2, 0) is 6.42 Å². The Bertz CT molecular complexity index is 2000. The molecule has 2 heteroatoms. The maximum atomic E-state index is 3.74. The van der Waals surface area contributed by atoms with Crippen LogP contribution in [0.25, 0.3) is 44.3 Å². The van der Waals surface area contributed by atoms with Crippen molar-refractivity contribution in [3.05, 3.63) is 156 Å². The summed E-state index contributed by atoms with van der Waals surface area (Å²) in [6.45, 7) is 4.59. The SMILES string of the molecule is CC1Cc2c([nH]c3ccccc23)-c2c1n(-c1ccccc1)c1ccccc21.CCCC=C(C1=CCCC=C1)c1ccccc1. The van der Waals surface area contributed by atoms with Gasteiger partial charge in [0.05, 0.1) is 11.2 Å². The molecule has 0 saturated heterocycles. The summed E-state index contributed by atoms with van der Waals surface area (Å²) in [6.07, 6.45) is 15.0. The third kappa shape index (κ3) is 5.15. The minimum Gasteiger partial charge on any atom is -0.354 e. The molecule has 0 radical (unpaired) electrons. The Morgan fingerprint density at radius 2 is 1.52 bits per heavy atom. The third-order valence-corrected chi connectivity index (χ3v) is 8.99. The molecule has 8 rings (SSSR count). The molecule has 2 aliphatic carbocycles. The molecule has 1 N–H and O–H groups in total. The van der Waals surface area contributed by atoms with Gasteiger partial charge in [0, 0.05) is 39.2 Å².